The largest absolute Gasteiger partial charge is 0.452 e. The van der Waals surface area contributed by atoms with Gasteiger partial charge in [-0.05, 0) is 30.5 Å². The predicted octanol–water partition coefficient (Wildman–Crippen LogP) is 3.63. The molecule has 12 heteroatoms. The van der Waals surface area contributed by atoms with Crippen LogP contribution in [0.2, 0.25) is 0 Å². The molecule has 0 aliphatic carbocycles. The zero-order chi connectivity index (χ0) is 21.0. The summed E-state index contributed by atoms with van der Waals surface area (Å²) in [4.78, 5) is 33.3. The number of nitro groups is 2. The Labute approximate surface area is 167 Å². The van der Waals surface area contributed by atoms with E-state index in [0.717, 1.165) is 6.07 Å². The maximum Gasteiger partial charge on any atom is 0.338 e. The number of nitro benzene ring substituents is 2. The van der Waals surface area contributed by atoms with E-state index >= 15 is 0 Å². The van der Waals surface area contributed by atoms with Crippen molar-refractivity contribution in [3.05, 3.63) is 74.1 Å². The molecule has 0 atom stereocenters. The molecular weight excluding hydrogens is 404 g/mol. The number of hydrogen-bond acceptors (Lipinski definition) is 10. The van der Waals surface area contributed by atoms with Gasteiger partial charge in [-0.3, -0.25) is 20.2 Å². The number of thioether (sulfide) groups is 1. The second-order valence-corrected chi connectivity index (χ2v) is 6.37. The number of carbonyl (C=O) groups excluding carboxylic acids is 1. The van der Waals surface area contributed by atoms with Crippen molar-refractivity contribution in [3.63, 3.8) is 0 Å². The fourth-order valence-corrected chi connectivity index (χ4v) is 2.87. The quantitative estimate of drug-likeness (QED) is 0.241. The third kappa shape index (κ3) is 4.55. The lowest BCUT2D eigenvalue weighted by molar-refractivity contribution is -0.387. The minimum Gasteiger partial charge on any atom is -0.452 e. The maximum atomic E-state index is 12.2. The van der Waals surface area contributed by atoms with Gasteiger partial charge in [-0.1, -0.05) is 0 Å². The maximum absolute atomic E-state index is 12.2. The average Bonchev–Trinajstić information content (AvgIpc) is 3.20. The van der Waals surface area contributed by atoms with Gasteiger partial charge >= 0.3 is 5.97 Å². The zero-order valence-corrected chi connectivity index (χ0v) is 15.6. The van der Waals surface area contributed by atoms with Crippen molar-refractivity contribution in [2.24, 2.45) is 0 Å². The third-order valence-corrected chi connectivity index (χ3v) is 4.51. The highest BCUT2D eigenvalue weighted by atomic mass is 32.2. The molecule has 0 saturated heterocycles. The van der Waals surface area contributed by atoms with E-state index in [2.05, 4.69) is 10.2 Å². The fourth-order valence-electron chi connectivity index (χ4n) is 2.32. The lowest BCUT2D eigenvalue weighted by Gasteiger charge is -2.04. The van der Waals surface area contributed by atoms with Crippen LogP contribution in [0.25, 0.3) is 11.5 Å². The Morgan fingerprint density at radius 1 is 1.10 bits per heavy atom. The van der Waals surface area contributed by atoms with Crippen LogP contribution in [0.15, 0.2) is 51.8 Å². The molecule has 0 unspecified atom stereocenters. The Morgan fingerprint density at radius 2 is 1.83 bits per heavy atom. The summed E-state index contributed by atoms with van der Waals surface area (Å²) in [6.07, 6.45) is 1.69. The van der Waals surface area contributed by atoms with Gasteiger partial charge in [0, 0.05) is 23.8 Å². The molecule has 0 N–H and O–H groups in total. The fraction of sp³-hybridized carbons (Fsp3) is 0.118. The number of carbonyl (C=O) groups is 1. The van der Waals surface area contributed by atoms with E-state index < -0.39 is 15.8 Å². The average molecular weight is 416 g/mol. The van der Waals surface area contributed by atoms with E-state index in [1.165, 1.54) is 48.2 Å². The number of non-ortho nitro benzene ring substituents is 1. The summed E-state index contributed by atoms with van der Waals surface area (Å²) in [7, 11) is 0. The highest BCUT2D eigenvalue weighted by Gasteiger charge is 2.19. The predicted molar refractivity (Wildman–Crippen MR) is 100 cm³/mol. The van der Waals surface area contributed by atoms with Crippen LogP contribution in [0.4, 0.5) is 11.4 Å². The molecule has 0 spiro atoms. The summed E-state index contributed by atoms with van der Waals surface area (Å²) in [5.74, 6) is -0.677. The monoisotopic (exact) mass is 416 g/mol. The molecule has 0 aliphatic rings. The smallest absolute Gasteiger partial charge is 0.338 e. The van der Waals surface area contributed by atoms with Gasteiger partial charge in [0.05, 0.1) is 20.3 Å². The van der Waals surface area contributed by atoms with Gasteiger partial charge < -0.3 is 9.15 Å². The van der Waals surface area contributed by atoms with E-state index in [4.69, 9.17) is 9.15 Å². The number of benzene rings is 2. The number of aromatic nitrogens is 2. The second-order valence-electron chi connectivity index (χ2n) is 5.52. The van der Waals surface area contributed by atoms with Gasteiger partial charge in [-0.25, -0.2) is 4.79 Å². The first-order valence-electron chi connectivity index (χ1n) is 7.96. The van der Waals surface area contributed by atoms with Crippen LogP contribution in [0, 0.1) is 20.2 Å². The molecule has 0 amide bonds. The molecule has 11 nitrogen and oxygen atoms in total. The molecule has 0 radical (unpaired) electrons. The van der Waals surface area contributed by atoms with Crippen molar-refractivity contribution in [2.75, 3.05) is 6.26 Å². The van der Waals surface area contributed by atoms with Gasteiger partial charge in [0.15, 0.2) is 6.61 Å². The van der Waals surface area contributed by atoms with Gasteiger partial charge in [0.2, 0.25) is 5.89 Å². The molecule has 148 valence electrons. The normalized spacial score (nSPS) is 10.5. The standard InChI is InChI=1S/C17H12N4O7S/c1-29-14-7-4-11(8-13(14)21(25)26)17(22)27-9-15-18-19-16(28-15)10-2-5-12(6-3-10)20(23)24/h2-8H,9H2,1H3. The summed E-state index contributed by atoms with van der Waals surface area (Å²) in [5, 5.41) is 29.3. The summed E-state index contributed by atoms with van der Waals surface area (Å²) < 4.78 is 10.4. The van der Waals surface area contributed by atoms with Crippen molar-refractivity contribution in [1.82, 2.24) is 10.2 Å². The second kappa shape index (κ2) is 8.48. The van der Waals surface area contributed by atoms with Crippen molar-refractivity contribution in [1.29, 1.82) is 0 Å². The zero-order valence-electron chi connectivity index (χ0n) is 14.8. The molecule has 0 fully saturated rings. The van der Waals surface area contributed by atoms with Gasteiger partial charge in [-0.15, -0.1) is 22.0 Å². The Balaban J connectivity index is 1.68. The Morgan fingerprint density at radius 3 is 2.45 bits per heavy atom. The summed E-state index contributed by atoms with van der Waals surface area (Å²) in [6, 6.07) is 9.54. The topological polar surface area (TPSA) is 152 Å². The first-order valence-corrected chi connectivity index (χ1v) is 9.18. The van der Waals surface area contributed by atoms with Crippen molar-refractivity contribution >= 4 is 29.1 Å². The minimum atomic E-state index is -0.782. The van der Waals surface area contributed by atoms with Gasteiger partial charge in [0.25, 0.3) is 17.3 Å². The molecule has 1 aromatic heterocycles. The minimum absolute atomic E-state index is 0.00179. The van der Waals surface area contributed by atoms with Crippen LogP contribution in [0.3, 0.4) is 0 Å². The van der Waals surface area contributed by atoms with E-state index in [-0.39, 0.29) is 35.3 Å². The Bertz CT molecular complexity index is 1080. The molecule has 1 heterocycles. The summed E-state index contributed by atoms with van der Waals surface area (Å²) >= 11 is 1.19. The number of esters is 1. The van der Waals surface area contributed by atoms with Crippen LogP contribution < -0.4 is 0 Å². The summed E-state index contributed by atoms with van der Waals surface area (Å²) in [6.45, 7) is -0.336. The van der Waals surface area contributed by atoms with Gasteiger partial charge in [0.1, 0.15) is 0 Å². The Hall–Kier alpha value is -3.80. The van der Waals surface area contributed by atoms with Gasteiger partial charge in [-0.2, -0.15) is 0 Å². The number of nitrogens with zero attached hydrogens (tertiary/aromatic N) is 4. The van der Waals surface area contributed by atoms with Crippen molar-refractivity contribution < 1.29 is 23.8 Å². The molecule has 3 aromatic rings. The molecule has 29 heavy (non-hydrogen) atoms. The van der Waals surface area contributed by atoms with E-state index in [0.29, 0.717) is 10.5 Å². The number of hydrogen-bond donors (Lipinski definition) is 0. The lowest BCUT2D eigenvalue weighted by Crippen LogP contribution is -2.06. The van der Waals surface area contributed by atoms with Crippen LogP contribution >= 0.6 is 11.8 Å². The molecule has 2 aromatic carbocycles. The van der Waals surface area contributed by atoms with E-state index in [1.54, 1.807) is 6.26 Å². The van der Waals surface area contributed by atoms with E-state index in [9.17, 15) is 25.0 Å². The molecule has 0 bridgehead atoms. The number of ether oxygens (including phenoxy) is 1. The van der Waals surface area contributed by atoms with Crippen molar-refractivity contribution in [3.8, 4) is 11.5 Å². The van der Waals surface area contributed by atoms with Crippen molar-refractivity contribution in [2.45, 2.75) is 11.5 Å². The molecule has 0 saturated carbocycles. The van der Waals surface area contributed by atoms with Crippen LogP contribution in [-0.4, -0.2) is 32.3 Å². The molecule has 0 aliphatic heterocycles. The first-order chi connectivity index (χ1) is 13.9. The first kappa shape index (κ1) is 19.9. The Kier molecular flexibility index (Phi) is 5.83. The highest BCUT2D eigenvalue weighted by molar-refractivity contribution is 7.98. The lowest BCUT2D eigenvalue weighted by atomic mass is 10.2. The third-order valence-electron chi connectivity index (χ3n) is 3.73. The highest BCUT2D eigenvalue weighted by Crippen LogP contribution is 2.28. The van der Waals surface area contributed by atoms with E-state index in [1.807, 2.05) is 0 Å². The SMILES string of the molecule is CSc1ccc(C(=O)OCc2nnc(-c3ccc([N+](=O)[O-])cc3)o2)cc1[N+](=O)[O-]. The summed E-state index contributed by atoms with van der Waals surface area (Å²) in [5.41, 5.74) is 0.211. The number of rotatable bonds is 7. The van der Waals surface area contributed by atoms with Crippen LogP contribution in [0.1, 0.15) is 16.2 Å². The van der Waals surface area contributed by atoms with Crippen LogP contribution in [-0.2, 0) is 11.3 Å². The molecule has 3 rings (SSSR count). The van der Waals surface area contributed by atoms with Crippen LogP contribution in [0.5, 0.6) is 0 Å². The molecular formula is C17H12N4O7S.